The van der Waals surface area contributed by atoms with Gasteiger partial charge in [0.2, 0.25) is 0 Å². The van der Waals surface area contributed by atoms with Gasteiger partial charge in [0, 0.05) is 5.75 Å². The molecular formula is C12H16N2O3S. The summed E-state index contributed by atoms with van der Waals surface area (Å²) in [6.07, 6.45) is 2.38. The first kappa shape index (κ1) is 16.2. The summed E-state index contributed by atoms with van der Waals surface area (Å²) in [5.74, 6) is -0.361. The molecule has 2 amide bonds. The van der Waals surface area contributed by atoms with Crippen molar-refractivity contribution >= 4 is 23.9 Å². The number of amides is 2. The van der Waals surface area contributed by atoms with Gasteiger partial charge in [-0.3, -0.25) is 5.73 Å². The number of hydrogen-bond donors (Lipinski definition) is 2. The van der Waals surface area contributed by atoms with Crippen molar-refractivity contribution in [2.24, 2.45) is 0 Å². The fourth-order valence-corrected chi connectivity index (χ4v) is 1.50. The zero-order chi connectivity index (χ0) is 13.8. The standard InChI is InChI=1S/C8H10N2OS.C4H6O2/c9-8(11)10-12-6-7-4-2-1-3-5-7;1-2-3-4(5)6/h1-5H,6H2,(H3,9,10,11);2-3H,1H3,(H,5,6)/b;3-2+. The molecule has 0 aliphatic rings. The third-order valence-corrected chi connectivity index (χ3v) is 2.42. The summed E-state index contributed by atoms with van der Waals surface area (Å²) in [5, 5.41) is 9.40. The fourth-order valence-electron chi connectivity index (χ4n) is 0.910. The Morgan fingerprint density at radius 3 is 2.39 bits per heavy atom. The summed E-state index contributed by atoms with van der Waals surface area (Å²) in [6, 6.07) is 9.69. The predicted molar refractivity (Wildman–Crippen MR) is 69.0 cm³/mol. The highest BCUT2D eigenvalue weighted by Gasteiger charge is 1.95. The first-order valence-corrected chi connectivity index (χ1v) is 6.16. The maximum Gasteiger partial charge on any atom is 0.421 e. The average Bonchev–Trinajstić information content (AvgIpc) is 2.30. The molecule has 0 radical (unpaired) electrons. The molecule has 0 spiro atoms. The van der Waals surface area contributed by atoms with Crippen LogP contribution in [0, 0.1) is 0 Å². The molecule has 5 nitrogen and oxygen atoms in total. The van der Waals surface area contributed by atoms with Gasteiger partial charge in [0.1, 0.15) is 0 Å². The Bertz CT molecular complexity index is 394. The number of carboxylic acids is 1. The van der Waals surface area contributed by atoms with Crippen LogP contribution in [0.3, 0.4) is 0 Å². The van der Waals surface area contributed by atoms with E-state index in [2.05, 4.69) is 10.5 Å². The lowest BCUT2D eigenvalue weighted by molar-refractivity contribution is -0.297. The van der Waals surface area contributed by atoms with Crippen molar-refractivity contribution in [1.82, 2.24) is 4.72 Å². The second kappa shape index (κ2) is 10.4. The number of rotatable bonds is 4. The van der Waals surface area contributed by atoms with Crippen molar-refractivity contribution in [3.63, 3.8) is 0 Å². The molecule has 1 rings (SSSR count). The number of quaternary nitrogens is 1. The summed E-state index contributed by atoms with van der Waals surface area (Å²) in [4.78, 5) is 19.8. The Balaban J connectivity index is 0.000000411. The van der Waals surface area contributed by atoms with Gasteiger partial charge in [-0.25, -0.2) is 9.52 Å². The van der Waals surface area contributed by atoms with Crippen LogP contribution in [-0.2, 0) is 10.5 Å². The average molecular weight is 268 g/mol. The predicted octanol–water partition coefficient (Wildman–Crippen LogP) is 0.0987. The second-order valence-electron chi connectivity index (χ2n) is 3.12. The van der Waals surface area contributed by atoms with Crippen LogP contribution >= 0.6 is 11.9 Å². The molecule has 1 aromatic rings. The van der Waals surface area contributed by atoms with E-state index in [-0.39, 0.29) is 6.03 Å². The molecule has 0 aliphatic heterocycles. The minimum atomic E-state index is -1.14. The third-order valence-electron chi connectivity index (χ3n) is 1.57. The Labute approximate surface area is 110 Å². The van der Waals surface area contributed by atoms with Crippen LogP contribution in [0.1, 0.15) is 12.5 Å². The normalized spacial score (nSPS) is 9.44. The molecular weight excluding hydrogens is 252 g/mol. The molecule has 0 unspecified atom stereocenters. The van der Waals surface area contributed by atoms with E-state index in [0.717, 1.165) is 11.8 Å². The number of hydrogen-bond acceptors (Lipinski definition) is 4. The van der Waals surface area contributed by atoms with Crippen molar-refractivity contribution in [3.05, 3.63) is 48.0 Å². The topological polar surface area (TPSA) is 96.9 Å². The van der Waals surface area contributed by atoms with Gasteiger partial charge < -0.3 is 9.90 Å². The number of aliphatic carboxylic acids is 1. The molecule has 0 saturated carbocycles. The van der Waals surface area contributed by atoms with Crippen molar-refractivity contribution in [1.29, 1.82) is 0 Å². The van der Waals surface area contributed by atoms with E-state index in [1.807, 2.05) is 30.3 Å². The van der Waals surface area contributed by atoms with E-state index in [4.69, 9.17) is 0 Å². The quantitative estimate of drug-likeness (QED) is 0.598. The lowest BCUT2D eigenvalue weighted by Crippen LogP contribution is -2.61. The van der Waals surface area contributed by atoms with E-state index in [9.17, 15) is 14.7 Å². The largest absolute Gasteiger partial charge is 0.545 e. The van der Waals surface area contributed by atoms with Gasteiger partial charge in [0.25, 0.3) is 0 Å². The van der Waals surface area contributed by atoms with Crippen molar-refractivity contribution in [3.8, 4) is 0 Å². The molecule has 0 bridgehead atoms. The van der Waals surface area contributed by atoms with E-state index < -0.39 is 5.97 Å². The maximum atomic E-state index is 10.4. The summed E-state index contributed by atoms with van der Waals surface area (Å²) in [5.41, 5.74) is 4.39. The Morgan fingerprint density at radius 1 is 1.39 bits per heavy atom. The first-order valence-electron chi connectivity index (χ1n) is 5.17. The van der Waals surface area contributed by atoms with E-state index in [1.165, 1.54) is 23.6 Å². The number of nitrogens with one attached hydrogen (secondary N) is 1. The Morgan fingerprint density at radius 2 is 2.00 bits per heavy atom. The number of urea groups is 1. The van der Waals surface area contributed by atoms with Crippen molar-refractivity contribution in [2.75, 3.05) is 0 Å². The molecule has 6 heteroatoms. The van der Waals surface area contributed by atoms with Gasteiger partial charge in [0.15, 0.2) is 0 Å². The Hall–Kier alpha value is -1.79. The lowest BCUT2D eigenvalue weighted by atomic mass is 10.2. The molecule has 0 fully saturated rings. The molecule has 1 aromatic carbocycles. The summed E-state index contributed by atoms with van der Waals surface area (Å²) >= 11 is 1.35. The zero-order valence-corrected chi connectivity index (χ0v) is 10.9. The molecule has 0 aromatic heterocycles. The highest BCUT2D eigenvalue weighted by atomic mass is 32.2. The number of carboxylic acid groups (broad SMARTS) is 1. The van der Waals surface area contributed by atoms with E-state index in [1.54, 1.807) is 6.92 Å². The second-order valence-corrected chi connectivity index (χ2v) is 3.90. The van der Waals surface area contributed by atoms with Crippen LogP contribution in [-0.4, -0.2) is 12.0 Å². The molecule has 18 heavy (non-hydrogen) atoms. The fraction of sp³-hybridized carbons (Fsp3) is 0.167. The van der Waals surface area contributed by atoms with Gasteiger partial charge >= 0.3 is 6.03 Å². The summed E-state index contributed by atoms with van der Waals surface area (Å²) < 4.78 is 2.56. The SMILES string of the molecule is C/C=C/C(=O)[O-].[NH3+]C(=O)NSCc1ccccc1. The monoisotopic (exact) mass is 268 g/mol. The van der Waals surface area contributed by atoms with Crippen molar-refractivity contribution in [2.45, 2.75) is 12.7 Å². The Kier molecular flexibility index (Phi) is 9.34. The van der Waals surface area contributed by atoms with Gasteiger partial charge in [0.05, 0.1) is 5.97 Å². The van der Waals surface area contributed by atoms with Crippen LogP contribution in [0.25, 0.3) is 0 Å². The van der Waals surface area contributed by atoms with E-state index in [0.29, 0.717) is 0 Å². The van der Waals surface area contributed by atoms with Gasteiger partial charge in [-0.2, -0.15) is 0 Å². The number of benzene rings is 1. The van der Waals surface area contributed by atoms with Crippen LogP contribution in [0.15, 0.2) is 42.5 Å². The third kappa shape index (κ3) is 10.7. The molecule has 0 atom stereocenters. The summed E-state index contributed by atoms with van der Waals surface area (Å²) in [7, 11) is 0. The minimum Gasteiger partial charge on any atom is -0.545 e. The van der Waals surface area contributed by atoms with Crippen LogP contribution in [0.5, 0.6) is 0 Å². The number of allylic oxidation sites excluding steroid dienone is 1. The highest BCUT2D eigenvalue weighted by molar-refractivity contribution is 7.97. The minimum absolute atomic E-state index is 0.254. The smallest absolute Gasteiger partial charge is 0.421 e. The number of carbonyl (C=O) groups is 2. The first-order chi connectivity index (χ1) is 8.56. The van der Waals surface area contributed by atoms with Crippen LogP contribution < -0.4 is 15.6 Å². The molecule has 0 saturated heterocycles. The molecule has 0 heterocycles. The van der Waals surface area contributed by atoms with Gasteiger partial charge in [-0.05, 0) is 30.5 Å². The van der Waals surface area contributed by atoms with Crippen molar-refractivity contribution < 1.29 is 20.4 Å². The maximum absolute atomic E-state index is 10.4. The molecule has 98 valence electrons. The molecule has 4 N–H and O–H groups in total. The summed E-state index contributed by atoms with van der Waals surface area (Å²) in [6.45, 7) is 1.62. The van der Waals surface area contributed by atoms with Crippen LogP contribution in [0.4, 0.5) is 4.79 Å². The van der Waals surface area contributed by atoms with Gasteiger partial charge in [-0.1, -0.05) is 36.4 Å². The van der Waals surface area contributed by atoms with Crippen LogP contribution in [0.2, 0.25) is 0 Å². The molecule has 0 aliphatic carbocycles. The van der Waals surface area contributed by atoms with Gasteiger partial charge in [-0.15, -0.1) is 0 Å². The highest BCUT2D eigenvalue weighted by Crippen LogP contribution is 2.07. The lowest BCUT2D eigenvalue weighted by Gasteiger charge is -1.98. The van der Waals surface area contributed by atoms with E-state index >= 15 is 0 Å². The zero-order valence-electron chi connectivity index (χ0n) is 10.1. The number of carbonyl (C=O) groups excluding carboxylic acids is 2.